The summed E-state index contributed by atoms with van der Waals surface area (Å²) in [5, 5.41) is 80.6. The van der Waals surface area contributed by atoms with E-state index in [0.717, 1.165) is 30.3 Å². The first-order chi connectivity index (χ1) is 20.8. The van der Waals surface area contributed by atoms with Crippen LogP contribution in [0.5, 0.6) is 40.2 Å². The van der Waals surface area contributed by atoms with Crippen LogP contribution >= 0.6 is 0 Å². The van der Waals surface area contributed by atoms with Crippen LogP contribution in [-0.2, 0) is 14.3 Å². The van der Waals surface area contributed by atoms with Crippen molar-refractivity contribution < 1.29 is 64.3 Å². The molecule has 8 N–H and O–H groups in total. The van der Waals surface area contributed by atoms with E-state index in [4.69, 9.17) is 18.6 Å². The maximum absolute atomic E-state index is 13.7. The number of aromatic hydroxyl groups is 6. The number of phenols is 6. The van der Waals surface area contributed by atoms with Crippen molar-refractivity contribution in [2.45, 2.75) is 37.6 Å². The van der Waals surface area contributed by atoms with Crippen LogP contribution in [0, 0.1) is 0 Å². The third-order valence-corrected chi connectivity index (χ3v) is 6.83. The molecule has 44 heavy (non-hydrogen) atoms. The highest BCUT2D eigenvalue weighted by molar-refractivity contribution is 5.89. The van der Waals surface area contributed by atoms with Crippen LogP contribution in [0.15, 0.2) is 63.8 Å². The normalized spacial score (nSPS) is 21.8. The zero-order chi connectivity index (χ0) is 31.9. The lowest BCUT2D eigenvalue weighted by Gasteiger charge is -2.40. The van der Waals surface area contributed by atoms with Crippen LogP contribution in [0.4, 0.5) is 0 Å². The summed E-state index contributed by atoms with van der Waals surface area (Å²) in [6, 6.07) is 9.54. The Kier molecular flexibility index (Phi) is 7.97. The summed E-state index contributed by atoms with van der Waals surface area (Å²) < 4.78 is 22.6. The largest absolute Gasteiger partial charge is 0.508 e. The summed E-state index contributed by atoms with van der Waals surface area (Å²) in [5.41, 5.74) is -1.08. The van der Waals surface area contributed by atoms with Crippen molar-refractivity contribution in [3.05, 3.63) is 70.4 Å². The highest BCUT2D eigenvalue weighted by Crippen LogP contribution is 2.43. The molecule has 1 aliphatic heterocycles. The Balaban J connectivity index is 1.58. The average Bonchev–Trinajstić information content (AvgIpc) is 2.97. The quantitative estimate of drug-likeness (QED) is 0.0887. The zero-order valence-electron chi connectivity index (χ0n) is 22.7. The number of fused-ring (bicyclic) bond motifs is 1. The summed E-state index contributed by atoms with van der Waals surface area (Å²) in [6.45, 7) is 1.38. The van der Waals surface area contributed by atoms with Gasteiger partial charge in [0.15, 0.2) is 29.1 Å². The standard InChI is InChI=1S/C30H26O14/c1-12-23(37)26(40)29(43-21(36)7-4-13-2-5-15(31)6-3-13)30(41-12)44-28-25(39)22-17(33)10-16(32)11-20(22)42-27(28)14-8-18(34)24(38)19(35)9-14/h2-12,23,26,29-35,37-38,40H,1H3/b7-4+/t12-,23-,26+,29+,30-/m0/s1. The van der Waals surface area contributed by atoms with Crippen molar-refractivity contribution in [2.75, 3.05) is 0 Å². The lowest BCUT2D eigenvalue weighted by molar-refractivity contribution is -0.272. The van der Waals surface area contributed by atoms with Crippen LogP contribution in [-0.4, -0.2) is 77.5 Å². The highest BCUT2D eigenvalue weighted by Gasteiger charge is 2.47. The maximum Gasteiger partial charge on any atom is 0.331 e. The number of rotatable bonds is 6. The molecule has 230 valence electrons. The fourth-order valence-electron chi connectivity index (χ4n) is 4.56. The van der Waals surface area contributed by atoms with E-state index in [9.17, 15) is 50.4 Å². The molecule has 5 rings (SSSR count). The number of benzene rings is 3. The molecule has 3 aromatic carbocycles. The van der Waals surface area contributed by atoms with Crippen molar-refractivity contribution in [3.8, 4) is 51.6 Å². The molecule has 2 heterocycles. The fourth-order valence-corrected chi connectivity index (χ4v) is 4.56. The van der Waals surface area contributed by atoms with E-state index in [1.54, 1.807) is 0 Å². The molecule has 0 amide bonds. The number of aliphatic hydroxyl groups excluding tert-OH is 2. The molecule has 1 saturated heterocycles. The molecule has 1 aliphatic rings. The Morgan fingerprint density at radius 3 is 2.18 bits per heavy atom. The van der Waals surface area contributed by atoms with E-state index in [2.05, 4.69) is 0 Å². The van der Waals surface area contributed by atoms with Crippen molar-refractivity contribution >= 4 is 23.0 Å². The Morgan fingerprint density at radius 2 is 1.52 bits per heavy atom. The van der Waals surface area contributed by atoms with Gasteiger partial charge >= 0.3 is 5.97 Å². The molecule has 0 saturated carbocycles. The minimum Gasteiger partial charge on any atom is -0.508 e. The van der Waals surface area contributed by atoms with Gasteiger partial charge in [-0.15, -0.1) is 0 Å². The fraction of sp³-hybridized carbons (Fsp3) is 0.200. The molecule has 0 spiro atoms. The van der Waals surface area contributed by atoms with Crippen LogP contribution in [0.2, 0.25) is 0 Å². The molecule has 5 atom stereocenters. The van der Waals surface area contributed by atoms with Crippen LogP contribution in [0.3, 0.4) is 0 Å². The van der Waals surface area contributed by atoms with Crippen molar-refractivity contribution in [1.29, 1.82) is 0 Å². The van der Waals surface area contributed by atoms with E-state index in [0.29, 0.717) is 5.56 Å². The number of ether oxygens (including phenoxy) is 3. The van der Waals surface area contributed by atoms with Crippen LogP contribution in [0.25, 0.3) is 28.4 Å². The monoisotopic (exact) mass is 610 g/mol. The number of carbonyl (C=O) groups is 1. The van der Waals surface area contributed by atoms with Gasteiger partial charge in [-0.1, -0.05) is 12.1 Å². The minimum atomic E-state index is -1.78. The molecule has 14 heteroatoms. The predicted molar refractivity (Wildman–Crippen MR) is 150 cm³/mol. The van der Waals surface area contributed by atoms with Gasteiger partial charge in [-0.3, -0.25) is 4.79 Å². The molecule has 1 fully saturated rings. The number of carbonyl (C=O) groups excluding carboxylic acids is 1. The van der Waals surface area contributed by atoms with Crippen molar-refractivity contribution in [3.63, 3.8) is 0 Å². The molecule has 0 unspecified atom stereocenters. The third-order valence-electron chi connectivity index (χ3n) is 6.83. The van der Waals surface area contributed by atoms with Gasteiger partial charge in [0.05, 0.1) is 6.10 Å². The average molecular weight is 611 g/mol. The first-order valence-corrected chi connectivity index (χ1v) is 13.0. The first-order valence-electron chi connectivity index (χ1n) is 13.0. The minimum absolute atomic E-state index is 0.00990. The highest BCUT2D eigenvalue weighted by atomic mass is 16.7. The van der Waals surface area contributed by atoms with E-state index in [1.807, 2.05) is 0 Å². The van der Waals surface area contributed by atoms with Crippen molar-refractivity contribution in [1.82, 2.24) is 0 Å². The zero-order valence-corrected chi connectivity index (χ0v) is 22.7. The molecule has 0 bridgehead atoms. The van der Waals surface area contributed by atoms with E-state index >= 15 is 0 Å². The molecule has 4 aromatic rings. The first kappa shape index (κ1) is 30.0. The molecule has 1 aromatic heterocycles. The summed E-state index contributed by atoms with van der Waals surface area (Å²) in [4.78, 5) is 26.4. The van der Waals surface area contributed by atoms with Crippen LogP contribution < -0.4 is 10.2 Å². The smallest absolute Gasteiger partial charge is 0.331 e. The number of esters is 1. The van der Waals surface area contributed by atoms with Gasteiger partial charge in [-0.25, -0.2) is 4.79 Å². The Hall–Kier alpha value is -5.44. The summed E-state index contributed by atoms with van der Waals surface area (Å²) >= 11 is 0. The summed E-state index contributed by atoms with van der Waals surface area (Å²) in [6.07, 6.45) is -5.60. The Bertz CT molecular complexity index is 1790. The molecular formula is C30H26O14. The van der Waals surface area contributed by atoms with E-state index in [1.165, 1.54) is 37.3 Å². The molecule has 0 aliphatic carbocycles. The number of phenolic OH excluding ortho intramolecular Hbond substituents is 6. The number of hydrogen-bond acceptors (Lipinski definition) is 14. The SMILES string of the molecule is C[C@@H]1O[C@@H](Oc2c(-c3cc(O)c(O)c(O)c3)oc3cc(O)cc(O)c3c2=O)[C@H](OC(=O)/C=C/c2ccc(O)cc2)[C@H](O)[C@H]1O. The second-order valence-electron chi connectivity index (χ2n) is 9.93. The van der Waals surface area contributed by atoms with Gasteiger partial charge in [-0.2, -0.15) is 0 Å². The lowest BCUT2D eigenvalue weighted by atomic mass is 9.99. The summed E-state index contributed by atoms with van der Waals surface area (Å²) in [5.74, 6) is -5.86. The van der Waals surface area contributed by atoms with Gasteiger partial charge in [0.25, 0.3) is 0 Å². The molecule has 14 nitrogen and oxygen atoms in total. The van der Waals surface area contributed by atoms with Gasteiger partial charge in [0.1, 0.15) is 40.4 Å². The van der Waals surface area contributed by atoms with Gasteiger partial charge in [-0.05, 0) is 42.8 Å². The summed E-state index contributed by atoms with van der Waals surface area (Å²) in [7, 11) is 0. The Labute approximate surface area is 247 Å². The maximum atomic E-state index is 13.7. The number of hydrogen-bond donors (Lipinski definition) is 8. The molecular weight excluding hydrogens is 584 g/mol. The number of aliphatic hydroxyl groups is 2. The van der Waals surface area contributed by atoms with E-state index in [-0.39, 0.29) is 16.9 Å². The van der Waals surface area contributed by atoms with Crippen molar-refractivity contribution in [2.24, 2.45) is 0 Å². The third kappa shape index (κ3) is 5.76. The van der Waals surface area contributed by atoms with Gasteiger partial charge in [0.2, 0.25) is 17.5 Å². The van der Waals surface area contributed by atoms with E-state index < -0.39 is 87.7 Å². The lowest BCUT2D eigenvalue weighted by Crippen LogP contribution is -2.59. The molecule has 0 radical (unpaired) electrons. The van der Waals surface area contributed by atoms with Crippen LogP contribution in [0.1, 0.15) is 12.5 Å². The second-order valence-corrected chi connectivity index (χ2v) is 9.93. The second kappa shape index (κ2) is 11.7. The van der Waals surface area contributed by atoms with Gasteiger partial charge < -0.3 is 59.5 Å². The Morgan fingerprint density at radius 1 is 0.864 bits per heavy atom. The van der Waals surface area contributed by atoms with Gasteiger partial charge in [0, 0.05) is 23.8 Å². The predicted octanol–water partition coefficient (Wildman–Crippen LogP) is 2.16. The topological polar surface area (TPSA) is 237 Å².